The van der Waals surface area contributed by atoms with E-state index >= 15 is 0 Å². The lowest BCUT2D eigenvalue weighted by Gasteiger charge is -2.24. The molecule has 2 aliphatic rings. The highest BCUT2D eigenvalue weighted by molar-refractivity contribution is 8.16. The van der Waals surface area contributed by atoms with Gasteiger partial charge < -0.3 is 9.64 Å². The number of rotatable bonds is 4. The molecule has 2 heterocycles. The number of anilines is 1. The SMILES string of the molecule is O=C(COc1ccccc1)N=C1S[C@H]2CS(=O)(=O)C[C@H]2N1c1ccccc1. The molecule has 27 heavy (non-hydrogen) atoms. The van der Waals surface area contributed by atoms with E-state index in [0.717, 1.165) is 5.69 Å². The van der Waals surface area contributed by atoms with Crippen LogP contribution in [0.4, 0.5) is 5.69 Å². The van der Waals surface area contributed by atoms with E-state index in [4.69, 9.17) is 4.74 Å². The summed E-state index contributed by atoms with van der Waals surface area (Å²) in [7, 11) is -3.07. The Balaban J connectivity index is 1.55. The molecule has 1 amide bonds. The Morgan fingerprint density at radius 1 is 1.07 bits per heavy atom. The summed E-state index contributed by atoms with van der Waals surface area (Å²) in [5.41, 5.74) is 0.838. The van der Waals surface area contributed by atoms with E-state index in [9.17, 15) is 13.2 Å². The highest BCUT2D eigenvalue weighted by Crippen LogP contribution is 2.40. The summed E-state index contributed by atoms with van der Waals surface area (Å²) in [6, 6.07) is 18.3. The maximum atomic E-state index is 12.3. The van der Waals surface area contributed by atoms with Crippen molar-refractivity contribution in [1.29, 1.82) is 0 Å². The van der Waals surface area contributed by atoms with Gasteiger partial charge in [-0.15, -0.1) is 0 Å². The molecule has 140 valence electrons. The Kier molecular flexibility index (Phi) is 4.92. The first-order valence-corrected chi connectivity index (χ1v) is 11.2. The number of carbonyl (C=O) groups is 1. The van der Waals surface area contributed by atoms with Crippen LogP contribution in [0.5, 0.6) is 5.75 Å². The number of nitrogens with zero attached hydrogens (tertiary/aromatic N) is 2. The van der Waals surface area contributed by atoms with Gasteiger partial charge in [0.1, 0.15) is 5.75 Å². The number of fused-ring (bicyclic) bond motifs is 1. The second-order valence-electron chi connectivity index (χ2n) is 6.40. The lowest BCUT2D eigenvalue weighted by Crippen LogP contribution is -2.37. The second kappa shape index (κ2) is 7.36. The molecule has 0 bridgehead atoms. The predicted octanol–water partition coefficient (Wildman–Crippen LogP) is 2.37. The van der Waals surface area contributed by atoms with E-state index in [1.165, 1.54) is 11.8 Å². The molecule has 4 rings (SSSR count). The minimum atomic E-state index is -3.07. The first-order valence-electron chi connectivity index (χ1n) is 8.52. The van der Waals surface area contributed by atoms with Gasteiger partial charge in [0.25, 0.3) is 5.91 Å². The monoisotopic (exact) mass is 402 g/mol. The fourth-order valence-corrected chi connectivity index (χ4v) is 7.19. The van der Waals surface area contributed by atoms with E-state index in [1.807, 2.05) is 53.4 Å². The van der Waals surface area contributed by atoms with Gasteiger partial charge in [0.05, 0.1) is 17.5 Å². The van der Waals surface area contributed by atoms with E-state index in [1.54, 1.807) is 12.1 Å². The van der Waals surface area contributed by atoms with Gasteiger partial charge in [-0.25, -0.2) is 8.42 Å². The highest BCUT2D eigenvalue weighted by Gasteiger charge is 2.49. The molecule has 2 atom stereocenters. The van der Waals surface area contributed by atoms with Crippen LogP contribution in [0.3, 0.4) is 0 Å². The molecule has 2 fully saturated rings. The van der Waals surface area contributed by atoms with Crippen LogP contribution < -0.4 is 9.64 Å². The molecule has 6 nitrogen and oxygen atoms in total. The number of amidine groups is 1. The lowest BCUT2D eigenvalue weighted by molar-refractivity contribution is -0.119. The lowest BCUT2D eigenvalue weighted by atomic mass is 10.2. The molecule has 8 heteroatoms. The summed E-state index contributed by atoms with van der Waals surface area (Å²) >= 11 is 1.36. The summed E-state index contributed by atoms with van der Waals surface area (Å²) in [5.74, 6) is 0.394. The third-order valence-corrected chi connectivity index (χ3v) is 7.64. The first-order chi connectivity index (χ1) is 13.0. The van der Waals surface area contributed by atoms with Gasteiger partial charge in [-0.2, -0.15) is 4.99 Å². The van der Waals surface area contributed by atoms with Crippen molar-refractivity contribution >= 4 is 38.4 Å². The zero-order valence-corrected chi connectivity index (χ0v) is 16.0. The van der Waals surface area contributed by atoms with Gasteiger partial charge >= 0.3 is 0 Å². The smallest absolute Gasteiger partial charge is 0.285 e. The summed E-state index contributed by atoms with van der Waals surface area (Å²) < 4.78 is 29.6. The van der Waals surface area contributed by atoms with Crippen molar-refractivity contribution in [1.82, 2.24) is 0 Å². The number of para-hydroxylation sites is 2. The summed E-state index contributed by atoms with van der Waals surface area (Å²) in [5, 5.41) is 0.421. The van der Waals surface area contributed by atoms with E-state index in [2.05, 4.69) is 4.99 Å². The van der Waals surface area contributed by atoms with Crippen LogP contribution >= 0.6 is 11.8 Å². The zero-order valence-electron chi connectivity index (χ0n) is 14.4. The minimum Gasteiger partial charge on any atom is -0.484 e. The van der Waals surface area contributed by atoms with Gasteiger partial charge in [-0.05, 0) is 24.3 Å². The van der Waals surface area contributed by atoms with Gasteiger partial charge in [-0.3, -0.25) is 4.79 Å². The molecule has 0 aromatic heterocycles. The summed E-state index contributed by atoms with van der Waals surface area (Å²) in [6.45, 7) is -0.162. The molecule has 2 aromatic carbocycles. The van der Waals surface area contributed by atoms with Crippen LogP contribution in [-0.2, 0) is 14.6 Å². The largest absolute Gasteiger partial charge is 0.484 e. The standard InChI is InChI=1S/C19H18N2O4S2/c22-18(11-25-15-9-5-2-6-10-15)20-19-21(14-7-3-1-4-8-14)16-12-27(23,24)13-17(16)26-19/h1-10,16-17H,11-13H2/t16-,17+/m1/s1. The fourth-order valence-electron chi connectivity index (χ4n) is 3.26. The Morgan fingerprint density at radius 3 is 2.44 bits per heavy atom. The Bertz CT molecular complexity index is 962. The van der Waals surface area contributed by atoms with Gasteiger partial charge in [0.15, 0.2) is 21.6 Å². The molecular formula is C19H18N2O4S2. The van der Waals surface area contributed by atoms with Crippen LogP contribution in [-0.4, -0.2) is 48.9 Å². The summed E-state index contributed by atoms with van der Waals surface area (Å²) in [4.78, 5) is 18.4. The van der Waals surface area contributed by atoms with Gasteiger partial charge in [-0.1, -0.05) is 48.2 Å². The maximum Gasteiger partial charge on any atom is 0.285 e. The Morgan fingerprint density at radius 2 is 1.74 bits per heavy atom. The number of hydrogen-bond acceptors (Lipinski definition) is 5. The van der Waals surface area contributed by atoms with Crippen molar-refractivity contribution in [3.8, 4) is 5.75 Å². The van der Waals surface area contributed by atoms with E-state index in [-0.39, 0.29) is 29.4 Å². The van der Waals surface area contributed by atoms with Crippen LogP contribution in [0.2, 0.25) is 0 Å². The van der Waals surface area contributed by atoms with E-state index < -0.39 is 15.7 Å². The van der Waals surface area contributed by atoms with Crippen LogP contribution in [0.25, 0.3) is 0 Å². The third-order valence-electron chi connectivity index (χ3n) is 4.43. The van der Waals surface area contributed by atoms with Crippen molar-refractivity contribution in [3.63, 3.8) is 0 Å². The van der Waals surface area contributed by atoms with Crippen LogP contribution in [0, 0.1) is 0 Å². The Hall–Kier alpha value is -2.32. The topological polar surface area (TPSA) is 76.0 Å². The molecule has 0 radical (unpaired) electrons. The molecule has 0 saturated carbocycles. The van der Waals surface area contributed by atoms with E-state index in [0.29, 0.717) is 10.9 Å². The Labute approximate surface area is 162 Å². The molecule has 0 N–H and O–H groups in total. The molecule has 0 unspecified atom stereocenters. The molecule has 0 aliphatic carbocycles. The molecule has 2 aliphatic heterocycles. The first kappa shape index (κ1) is 18.1. The number of ether oxygens (including phenoxy) is 1. The summed E-state index contributed by atoms with van der Waals surface area (Å²) in [6.07, 6.45) is 0. The number of thioether (sulfide) groups is 1. The average molecular weight is 402 g/mol. The minimum absolute atomic E-state index is 0.0767. The third kappa shape index (κ3) is 4.01. The van der Waals surface area contributed by atoms with Crippen LogP contribution in [0.15, 0.2) is 65.7 Å². The van der Waals surface area contributed by atoms with Crippen molar-refractivity contribution in [2.45, 2.75) is 11.3 Å². The van der Waals surface area contributed by atoms with Crippen molar-refractivity contribution in [2.24, 2.45) is 4.99 Å². The number of benzene rings is 2. The van der Waals surface area contributed by atoms with Crippen LogP contribution in [0.1, 0.15) is 0 Å². The second-order valence-corrected chi connectivity index (χ2v) is 9.76. The predicted molar refractivity (Wildman–Crippen MR) is 107 cm³/mol. The number of carbonyl (C=O) groups excluding carboxylic acids is 1. The van der Waals surface area contributed by atoms with Gasteiger partial charge in [0, 0.05) is 10.9 Å². The zero-order chi connectivity index (χ0) is 18.9. The quantitative estimate of drug-likeness (QED) is 0.782. The number of sulfone groups is 1. The number of amides is 1. The van der Waals surface area contributed by atoms with Crippen molar-refractivity contribution < 1.29 is 17.9 Å². The van der Waals surface area contributed by atoms with Gasteiger partial charge in [0.2, 0.25) is 0 Å². The molecule has 0 spiro atoms. The molecule has 2 aromatic rings. The van der Waals surface area contributed by atoms with Crippen molar-refractivity contribution in [3.05, 3.63) is 60.7 Å². The molecular weight excluding hydrogens is 384 g/mol. The number of hydrogen-bond donors (Lipinski definition) is 0. The number of aliphatic imine (C=N–C) groups is 1. The fraction of sp³-hybridized carbons (Fsp3) is 0.263. The maximum absolute atomic E-state index is 12.3. The van der Waals surface area contributed by atoms with Crippen molar-refractivity contribution in [2.75, 3.05) is 23.0 Å². The average Bonchev–Trinajstić information content (AvgIpc) is 3.12. The normalized spacial score (nSPS) is 24.7. The highest BCUT2D eigenvalue weighted by atomic mass is 32.2. The molecule has 2 saturated heterocycles.